The number of likely N-dealkylation sites (N-methyl/N-ethyl adjacent to an activating group) is 1. The zero-order chi connectivity index (χ0) is 62.0. The van der Waals surface area contributed by atoms with Crippen molar-refractivity contribution >= 4 is 47.3 Å². The summed E-state index contributed by atoms with van der Waals surface area (Å²) in [5.74, 6) is -1.68. The van der Waals surface area contributed by atoms with Crippen LogP contribution in [0.1, 0.15) is 156 Å². The first kappa shape index (κ1) is 65.6. The monoisotopic (exact) mass is 1190 g/mol. The van der Waals surface area contributed by atoms with Crippen LogP contribution in [0.25, 0.3) is 11.1 Å². The highest BCUT2D eigenvalue weighted by Crippen LogP contribution is 2.33. The van der Waals surface area contributed by atoms with Crippen LogP contribution in [0.4, 0.5) is 0 Å². The van der Waals surface area contributed by atoms with Crippen molar-refractivity contribution in [3.63, 3.8) is 0 Å². The van der Waals surface area contributed by atoms with E-state index in [0.29, 0.717) is 75.8 Å². The molecule has 7 atom stereocenters. The lowest BCUT2D eigenvalue weighted by Gasteiger charge is -2.44. The van der Waals surface area contributed by atoms with Gasteiger partial charge in [0.15, 0.2) is 0 Å². The van der Waals surface area contributed by atoms with Crippen LogP contribution < -0.4 is 26.6 Å². The summed E-state index contributed by atoms with van der Waals surface area (Å²) < 4.78 is 0. The quantitative estimate of drug-likeness (QED) is 0.0458. The third kappa shape index (κ3) is 18.3. The molecule has 0 unspecified atom stereocenters. The van der Waals surface area contributed by atoms with E-state index in [4.69, 9.17) is 0 Å². The van der Waals surface area contributed by atoms with E-state index in [2.05, 4.69) is 26.6 Å². The fourth-order valence-corrected chi connectivity index (χ4v) is 13.5. The number of rotatable bonds is 24. The van der Waals surface area contributed by atoms with Gasteiger partial charge in [-0.2, -0.15) is 0 Å². The standard InChI is InChI=1S/C70H95N9O8/c1-47(2)65(82)74-63(55-23-15-9-16-24-55)69(86)78-41-37-59(72-49(4)80)43-61(78)45-76(39-35-51-19-11-7-12-20-51)67(84)57-31-27-53(28-32-57)54-29-33-58(34-30-54)68(85)77(40-36-52-21-13-8-14-22-52)46-62-44-60(73-50(5)81)38-42-79(62)70(87)64(56-25-17-10-18-26-56)75-66(83)48(3)71-6/h7-8,11-14,19-22,27-34,47-48,55-56,59-64,71H,9-10,15-18,23-26,35-46H2,1-6H3,(H,72,80)(H,73,81)(H,74,82)(H,75,83)/t48-,59+,60+,61-,62-,63-,64-/m0/s1. The Labute approximate surface area is 515 Å². The molecule has 4 fully saturated rings. The van der Waals surface area contributed by atoms with Gasteiger partial charge in [-0.1, -0.05) is 137 Å². The molecule has 17 nitrogen and oxygen atoms in total. The Kier molecular flexibility index (Phi) is 24.1. The summed E-state index contributed by atoms with van der Waals surface area (Å²) in [6.07, 6.45) is 12.7. The SMILES string of the molecule is CN[C@@H](C)C(=O)N[C@H](C(=O)N1CC[C@@H](NC(C)=O)C[C@H]1CN(CCc1ccccc1)C(=O)c1ccc(-c2ccc(C(=O)N(CCc3ccccc3)C[C@@H]3C[C@H](NC(C)=O)CCN3C(=O)[C@@H](NC(=O)C(C)C)C3CCCCC3)cc2)cc1)C1CCCCC1. The zero-order valence-corrected chi connectivity index (χ0v) is 52.3. The maximum atomic E-state index is 15.0. The molecule has 2 aliphatic carbocycles. The molecule has 8 amide bonds. The highest BCUT2D eigenvalue weighted by Gasteiger charge is 2.43. The first-order valence-corrected chi connectivity index (χ1v) is 32.3. The number of nitrogens with zero attached hydrogens (tertiary/aromatic N) is 4. The van der Waals surface area contributed by atoms with Gasteiger partial charge < -0.3 is 46.2 Å². The van der Waals surface area contributed by atoms with E-state index in [1.165, 1.54) is 13.8 Å². The molecular formula is C70H95N9O8. The van der Waals surface area contributed by atoms with Gasteiger partial charge in [-0.3, -0.25) is 38.4 Å². The van der Waals surface area contributed by atoms with E-state index in [0.717, 1.165) is 86.5 Å². The van der Waals surface area contributed by atoms with Crippen LogP contribution in [0.15, 0.2) is 109 Å². The van der Waals surface area contributed by atoms with E-state index in [1.54, 1.807) is 14.0 Å². The lowest BCUT2D eigenvalue weighted by molar-refractivity contribution is -0.143. The number of benzene rings is 4. The Morgan fingerprint density at radius 3 is 1.23 bits per heavy atom. The lowest BCUT2D eigenvalue weighted by atomic mass is 9.82. The van der Waals surface area contributed by atoms with E-state index >= 15 is 9.59 Å². The summed E-state index contributed by atoms with van der Waals surface area (Å²) in [5.41, 5.74) is 4.75. The fraction of sp³-hybridized carbons (Fsp3) is 0.543. The second-order valence-corrected chi connectivity index (χ2v) is 25.3. The summed E-state index contributed by atoms with van der Waals surface area (Å²) in [6, 6.07) is 31.7. The smallest absolute Gasteiger partial charge is 0.253 e. The first-order valence-electron chi connectivity index (χ1n) is 32.3. The van der Waals surface area contributed by atoms with Gasteiger partial charge >= 0.3 is 0 Å². The molecule has 468 valence electrons. The van der Waals surface area contributed by atoms with Gasteiger partial charge in [-0.05, 0) is 137 Å². The summed E-state index contributed by atoms with van der Waals surface area (Å²) in [5, 5.41) is 15.5. The topological polar surface area (TPSA) is 210 Å². The first-order chi connectivity index (χ1) is 42.0. The molecular weight excluding hydrogens is 1090 g/mol. The van der Waals surface area contributed by atoms with E-state index in [1.807, 2.05) is 143 Å². The predicted molar refractivity (Wildman–Crippen MR) is 339 cm³/mol. The van der Waals surface area contributed by atoms with Crippen molar-refractivity contribution in [2.24, 2.45) is 17.8 Å². The Hall–Kier alpha value is -7.40. The Balaban J connectivity index is 1.03. The number of carbonyl (C=O) groups excluding carboxylic acids is 8. The largest absolute Gasteiger partial charge is 0.353 e. The van der Waals surface area contributed by atoms with Crippen molar-refractivity contribution < 1.29 is 38.4 Å². The molecule has 4 aliphatic rings. The maximum Gasteiger partial charge on any atom is 0.253 e. The molecule has 2 saturated heterocycles. The van der Waals surface area contributed by atoms with Crippen molar-refractivity contribution in [2.45, 2.75) is 180 Å². The Morgan fingerprint density at radius 2 is 0.874 bits per heavy atom. The molecule has 0 aromatic heterocycles. The molecule has 5 N–H and O–H groups in total. The van der Waals surface area contributed by atoms with Crippen LogP contribution >= 0.6 is 0 Å². The third-order valence-corrected chi connectivity index (χ3v) is 18.6. The van der Waals surface area contributed by atoms with E-state index in [-0.39, 0.29) is 90.2 Å². The number of likely N-dealkylation sites (tertiary alicyclic amines) is 2. The summed E-state index contributed by atoms with van der Waals surface area (Å²) >= 11 is 0. The van der Waals surface area contributed by atoms with E-state index in [9.17, 15) is 28.8 Å². The highest BCUT2D eigenvalue weighted by molar-refractivity contribution is 5.96. The number of hydrogen-bond acceptors (Lipinski definition) is 9. The van der Waals surface area contributed by atoms with Crippen molar-refractivity contribution in [2.75, 3.05) is 46.3 Å². The molecule has 17 heteroatoms. The van der Waals surface area contributed by atoms with Crippen LogP contribution in [-0.4, -0.2) is 155 Å². The van der Waals surface area contributed by atoms with Crippen molar-refractivity contribution in [1.82, 2.24) is 46.2 Å². The van der Waals surface area contributed by atoms with Crippen molar-refractivity contribution in [3.8, 4) is 11.1 Å². The Morgan fingerprint density at radius 1 is 0.494 bits per heavy atom. The van der Waals surface area contributed by atoms with Gasteiger partial charge in [0, 0.05) is 82.2 Å². The van der Waals surface area contributed by atoms with Gasteiger partial charge in [0.05, 0.1) is 18.1 Å². The van der Waals surface area contributed by atoms with Crippen LogP contribution in [0.2, 0.25) is 0 Å². The van der Waals surface area contributed by atoms with Gasteiger partial charge in [0.25, 0.3) is 11.8 Å². The van der Waals surface area contributed by atoms with Crippen LogP contribution in [0, 0.1) is 17.8 Å². The molecule has 4 aromatic rings. The van der Waals surface area contributed by atoms with Crippen LogP contribution in [0.3, 0.4) is 0 Å². The van der Waals surface area contributed by atoms with Gasteiger partial charge in [0.1, 0.15) is 12.1 Å². The second kappa shape index (κ2) is 32.0. The molecule has 0 radical (unpaired) electrons. The fourth-order valence-electron chi connectivity index (χ4n) is 13.5. The number of hydrogen-bond donors (Lipinski definition) is 5. The molecule has 2 aliphatic heterocycles. The maximum absolute atomic E-state index is 15.0. The molecule has 0 bridgehead atoms. The second-order valence-electron chi connectivity index (χ2n) is 25.3. The van der Waals surface area contributed by atoms with Crippen molar-refractivity contribution in [3.05, 3.63) is 131 Å². The molecule has 87 heavy (non-hydrogen) atoms. The number of amides is 8. The minimum atomic E-state index is -0.717. The predicted octanol–water partition coefficient (Wildman–Crippen LogP) is 8.11. The summed E-state index contributed by atoms with van der Waals surface area (Å²) in [6.45, 7) is 10.4. The average molecular weight is 1190 g/mol. The third-order valence-electron chi connectivity index (χ3n) is 18.6. The molecule has 0 spiro atoms. The number of carbonyl (C=O) groups is 8. The van der Waals surface area contributed by atoms with Crippen LogP contribution in [-0.2, 0) is 41.6 Å². The van der Waals surface area contributed by atoms with Crippen molar-refractivity contribution in [1.29, 1.82) is 0 Å². The number of nitrogens with one attached hydrogen (secondary N) is 5. The average Bonchev–Trinajstić information content (AvgIpc) is 3.02. The molecule has 2 heterocycles. The summed E-state index contributed by atoms with van der Waals surface area (Å²) in [7, 11) is 1.72. The van der Waals surface area contributed by atoms with E-state index < -0.39 is 30.2 Å². The minimum absolute atomic E-state index is 0.00984. The lowest BCUT2D eigenvalue weighted by Crippen LogP contribution is -2.62. The Bertz CT molecular complexity index is 2930. The van der Waals surface area contributed by atoms with Crippen LogP contribution in [0.5, 0.6) is 0 Å². The minimum Gasteiger partial charge on any atom is -0.353 e. The zero-order valence-electron chi connectivity index (χ0n) is 52.3. The van der Waals surface area contributed by atoms with Gasteiger partial charge in [0.2, 0.25) is 35.4 Å². The normalized spacial score (nSPS) is 20.3. The molecule has 2 saturated carbocycles. The van der Waals surface area contributed by atoms with Gasteiger partial charge in [-0.15, -0.1) is 0 Å². The summed E-state index contributed by atoms with van der Waals surface area (Å²) in [4.78, 5) is 119. The molecule has 8 rings (SSSR count). The van der Waals surface area contributed by atoms with Gasteiger partial charge in [-0.25, -0.2) is 0 Å². The molecule has 4 aromatic carbocycles. The number of piperidine rings is 2. The highest BCUT2D eigenvalue weighted by atomic mass is 16.2.